The van der Waals surface area contributed by atoms with Crippen LogP contribution in [0.3, 0.4) is 0 Å². The number of aryl methyl sites for hydroxylation is 2. The maximum atomic E-state index is 12.0. The summed E-state index contributed by atoms with van der Waals surface area (Å²) in [7, 11) is 0. The predicted octanol–water partition coefficient (Wildman–Crippen LogP) is 3.36. The van der Waals surface area contributed by atoms with E-state index in [0.717, 1.165) is 5.56 Å². The van der Waals surface area contributed by atoms with Crippen LogP contribution >= 0.6 is 11.6 Å². The van der Waals surface area contributed by atoms with Crippen molar-refractivity contribution >= 4 is 23.5 Å². The topological polar surface area (TPSA) is 93.2 Å². The third-order valence-corrected chi connectivity index (χ3v) is 3.35. The fourth-order valence-corrected chi connectivity index (χ4v) is 2.15. The molecule has 0 saturated heterocycles. The molecule has 0 unspecified atom stereocenters. The van der Waals surface area contributed by atoms with Crippen LogP contribution in [-0.4, -0.2) is 16.0 Å². The lowest BCUT2D eigenvalue weighted by Crippen LogP contribution is -2.29. The number of aromatic nitrogens is 2. The van der Waals surface area contributed by atoms with Crippen molar-refractivity contribution in [2.75, 3.05) is 5.43 Å². The van der Waals surface area contributed by atoms with Gasteiger partial charge in [-0.15, -0.1) is 0 Å². The number of hydrazine groups is 1. The van der Waals surface area contributed by atoms with Crippen LogP contribution in [0.1, 0.15) is 21.9 Å². The highest BCUT2D eigenvalue weighted by Crippen LogP contribution is 2.20. The van der Waals surface area contributed by atoms with Gasteiger partial charge in [0.2, 0.25) is 5.82 Å². The van der Waals surface area contributed by atoms with Crippen molar-refractivity contribution < 1.29 is 13.7 Å². The minimum absolute atomic E-state index is 0.0705. The molecule has 0 aliphatic heterocycles. The lowest BCUT2D eigenvalue weighted by atomic mass is 10.2. The molecule has 3 rings (SSSR count). The van der Waals surface area contributed by atoms with Gasteiger partial charge in [0.25, 0.3) is 5.91 Å². The number of carbonyl (C=O) groups excluding carboxylic acids is 1. The normalized spacial score (nSPS) is 10.6. The molecule has 0 aliphatic rings. The summed E-state index contributed by atoms with van der Waals surface area (Å²) in [6.07, 6.45) is 0. The Morgan fingerprint density at radius 3 is 2.61 bits per heavy atom. The van der Waals surface area contributed by atoms with Crippen LogP contribution in [0, 0.1) is 13.8 Å². The SMILES string of the molecule is Cc1cc(C(=O)NNc2nc(-c3ccc(Cl)cc3)no2)c(C)o1. The Bertz CT molecular complexity index is 839. The Morgan fingerprint density at radius 2 is 1.96 bits per heavy atom. The van der Waals surface area contributed by atoms with Crippen molar-refractivity contribution in [2.24, 2.45) is 0 Å². The van der Waals surface area contributed by atoms with Gasteiger partial charge in [0.15, 0.2) is 0 Å². The second kappa shape index (κ2) is 6.13. The Balaban J connectivity index is 1.66. The Kier molecular flexibility index (Phi) is 4.03. The van der Waals surface area contributed by atoms with E-state index in [9.17, 15) is 4.79 Å². The first-order valence-corrected chi connectivity index (χ1v) is 7.14. The third-order valence-electron chi connectivity index (χ3n) is 3.10. The Hall–Kier alpha value is -2.80. The van der Waals surface area contributed by atoms with E-state index in [4.69, 9.17) is 20.5 Å². The average Bonchev–Trinajstić information content (AvgIpc) is 3.12. The highest BCUT2D eigenvalue weighted by molar-refractivity contribution is 6.30. The van der Waals surface area contributed by atoms with Gasteiger partial charge in [-0.1, -0.05) is 16.8 Å². The number of furan rings is 1. The molecule has 0 atom stereocenters. The number of anilines is 1. The molecule has 8 heteroatoms. The first-order chi connectivity index (χ1) is 11.0. The zero-order chi connectivity index (χ0) is 16.4. The van der Waals surface area contributed by atoms with Crippen LogP contribution in [0.25, 0.3) is 11.4 Å². The summed E-state index contributed by atoms with van der Waals surface area (Å²) in [6, 6.07) is 8.72. The number of hydrogen-bond donors (Lipinski definition) is 2. The third kappa shape index (κ3) is 3.35. The van der Waals surface area contributed by atoms with Gasteiger partial charge < -0.3 is 8.94 Å². The zero-order valence-electron chi connectivity index (χ0n) is 12.4. The van der Waals surface area contributed by atoms with Gasteiger partial charge in [-0.3, -0.25) is 10.2 Å². The monoisotopic (exact) mass is 332 g/mol. The van der Waals surface area contributed by atoms with E-state index in [1.165, 1.54) is 0 Å². The van der Waals surface area contributed by atoms with Crippen LogP contribution in [0.2, 0.25) is 5.02 Å². The van der Waals surface area contributed by atoms with Crippen molar-refractivity contribution in [2.45, 2.75) is 13.8 Å². The smallest absolute Gasteiger partial charge is 0.340 e. The molecule has 1 amide bonds. The summed E-state index contributed by atoms with van der Waals surface area (Å²) in [4.78, 5) is 16.2. The number of carbonyl (C=O) groups is 1. The van der Waals surface area contributed by atoms with Crippen molar-refractivity contribution in [3.63, 3.8) is 0 Å². The van der Waals surface area contributed by atoms with E-state index in [0.29, 0.717) is 27.9 Å². The fraction of sp³-hybridized carbons (Fsp3) is 0.133. The maximum Gasteiger partial charge on any atom is 0.340 e. The number of nitrogens with one attached hydrogen (secondary N) is 2. The standard InChI is InChI=1S/C15H13ClN4O3/c1-8-7-12(9(2)22-8)14(21)18-19-15-17-13(20-23-15)10-3-5-11(16)6-4-10/h3-7H,1-2H3,(H,18,21)(H,17,19,20). The molecule has 0 radical (unpaired) electrons. The van der Waals surface area contributed by atoms with E-state index < -0.39 is 0 Å². The van der Waals surface area contributed by atoms with Crippen LogP contribution in [0.4, 0.5) is 6.01 Å². The average molecular weight is 333 g/mol. The minimum Gasteiger partial charge on any atom is -0.466 e. The van der Waals surface area contributed by atoms with Gasteiger partial charge in [-0.2, -0.15) is 4.98 Å². The van der Waals surface area contributed by atoms with E-state index in [2.05, 4.69) is 21.0 Å². The number of rotatable bonds is 4. The van der Waals surface area contributed by atoms with Crippen molar-refractivity contribution in [3.05, 3.63) is 52.4 Å². The summed E-state index contributed by atoms with van der Waals surface area (Å²) < 4.78 is 10.3. The molecule has 7 nitrogen and oxygen atoms in total. The zero-order valence-corrected chi connectivity index (χ0v) is 13.1. The summed E-state index contributed by atoms with van der Waals surface area (Å²) in [5.74, 6) is 1.23. The number of amides is 1. The molecule has 23 heavy (non-hydrogen) atoms. The first kappa shape index (κ1) is 15.1. The highest BCUT2D eigenvalue weighted by atomic mass is 35.5. The molecule has 2 heterocycles. The molecule has 3 aromatic rings. The molecule has 0 spiro atoms. The van der Waals surface area contributed by atoms with E-state index in [1.54, 1.807) is 44.2 Å². The molecule has 2 N–H and O–H groups in total. The lowest BCUT2D eigenvalue weighted by molar-refractivity contribution is 0.0959. The van der Waals surface area contributed by atoms with Gasteiger partial charge in [0.1, 0.15) is 11.5 Å². The van der Waals surface area contributed by atoms with Crippen molar-refractivity contribution in [1.29, 1.82) is 0 Å². The first-order valence-electron chi connectivity index (χ1n) is 6.76. The van der Waals surface area contributed by atoms with Gasteiger partial charge >= 0.3 is 6.01 Å². The number of hydrogen-bond acceptors (Lipinski definition) is 6. The van der Waals surface area contributed by atoms with Crippen LogP contribution in [0.15, 0.2) is 39.3 Å². The maximum absolute atomic E-state index is 12.0. The Labute approximate surface area is 136 Å². The summed E-state index contributed by atoms with van der Waals surface area (Å²) in [5.41, 5.74) is 6.24. The minimum atomic E-state index is -0.356. The highest BCUT2D eigenvalue weighted by Gasteiger charge is 2.14. The molecule has 118 valence electrons. The van der Waals surface area contributed by atoms with E-state index in [-0.39, 0.29) is 11.9 Å². The molecule has 2 aromatic heterocycles. The van der Waals surface area contributed by atoms with Gasteiger partial charge in [-0.05, 0) is 44.2 Å². The van der Waals surface area contributed by atoms with Gasteiger partial charge in [0.05, 0.1) is 5.56 Å². The molecular weight excluding hydrogens is 320 g/mol. The largest absolute Gasteiger partial charge is 0.466 e. The molecular formula is C15H13ClN4O3. The Morgan fingerprint density at radius 1 is 1.22 bits per heavy atom. The van der Waals surface area contributed by atoms with Gasteiger partial charge in [-0.25, -0.2) is 5.43 Å². The number of halogens is 1. The van der Waals surface area contributed by atoms with Crippen LogP contribution in [-0.2, 0) is 0 Å². The summed E-state index contributed by atoms with van der Waals surface area (Å²) in [5, 5.41) is 4.45. The lowest BCUT2D eigenvalue weighted by Gasteiger charge is -2.02. The molecule has 1 aromatic carbocycles. The summed E-state index contributed by atoms with van der Waals surface area (Å²) >= 11 is 5.83. The number of benzene rings is 1. The van der Waals surface area contributed by atoms with Crippen molar-refractivity contribution in [3.8, 4) is 11.4 Å². The molecule has 0 fully saturated rings. The summed E-state index contributed by atoms with van der Waals surface area (Å²) in [6.45, 7) is 3.49. The van der Waals surface area contributed by atoms with Crippen LogP contribution < -0.4 is 10.9 Å². The van der Waals surface area contributed by atoms with Crippen LogP contribution in [0.5, 0.6) is 0 Å². The second-order valence-corrected chi connectivity index (χ2v) is 5.27. The van der Waals surface area contributed by atoms with E-state index >= 15 is 0 Å². The van der Waals surface area contributed by atoms with Gasteiger partial charge in [0, 0.05) is 10.6 Å². The fourth-order valence-electron chi connectivity index (χ4n) is 2.02. The second-order valence-electron chi connectivity index (χ2n) is 4.84. The van der Waals surface area contributed by atoms with Crippen molar-refractivity contribution in [1.82, 2.24) is 15.6 Å². The number of nitrogens with zero attached hydrogens (tertiary/aromatic N) is 2. The molecule has 0 aliphatic carbocycles. The van der Waals surface area contributed by atoms with E-state index in [1.807, 2.05) is 0 Å². The molecule has 0 saturated carbocycles. The molecule has 0 bridgehead atoms. The quantitative estimate of drug-likeness (QED) is 0.712. The predicted molar refractivity (Wildman–Crippen MR) is 84.0 cm³/mol.